The van der Waals surface area contributed by atoms with Gasteiger partial charge in [0, 0.05) is 23.9 Å². The van der Waals surface area contributed by atoms with Crippen LogP contribution in [-0.2, 0) is 6.54 Å². The number of hydrogen-bond acceptors (Lipinski definition) is 4. The number of carbonyl (C=O) groups excluding carboxylic acids is 1. The minimum absolute atomic E-state index is 0.372. The monoisotopic (exact) mass is 243 g/mol. The maximum atomic E-state index is 10.9. The molecule has 4 N–H and O–H groups in total. The van der Waals surface area contributed by atoms with Crippen LogP contribution in [0.2, 0.25) is 0 Å². The highest BCUT2D eigenvalue weighted by molar-refractivity contribution is 5.92. The summed E-state index contributed by atoms with van der Waals surface area (Å²) in [5, 5.41) is 0. The highest BCUT2D eigenvalue weighted by atomic mass is 16.5. The van der Waals surface area contributed by atoms with E-state index in [2.05, 4.69) is 4.98 Å². The SMILES string of the molecule is NCc1ccncc1Oc1ccc(C(N)=O)cc1. The van der Waals surface area contributed by atoms with Gasteiger partial charge in [0.2, 0.25) is 5.91 Å². The zero-order valence-electron chi connectivity index (χ0n) is 9.67. The van der Waals surface area contributed by atoms with E-state index in [9.17, 15) is 4.79 Å². The molecule has 0 atom stereocenters. The zero-order chi connectivity index (χ0) is 13.0. The molecular weight excluding hydrogens is 230 g/mol. The van der Waals surface area contributed by atoms with Crippen molar-refractivity contribution < 1.29 is 9.53 Å². The molecule has 0 bridgehead atoms. The number of pyridine rings is 1. The molecule has 1 amide bonds. The number of rotatable bonds is 4. The normalized spacial score (nSPS) is 10.1. The van der Waals surface area contributed by atoms with Gasteiger partial charge < -0.3 is 16.2 Å². The third-order valence-corrected chi connectivity index (χ3v) is 2.46. The average molecular weight is 243 g/mol. The minimum atomic E-state index is -0.467. The number of primary amides is 1. The smallest absolute Gasteiger partial charge is 0.248 e. The number of nitrogens with zero attached hydrogens (tertiary/aromatic N) is 1. The van der Waals surface area contributed by atoms with Crippen molar-refractivity contribution >= 4 is 5.91 Å². The van der Waals surface area contributed by atoms with Crippen molar-refractivity contribution in [2.45, 2.75) is 6.54 Å². The Morgan fingerprint density at radius 2 is 1.94 bits per heavy atom. The molecule has 0 aliphatic carbocycles. The lowest BCUT2D eigenvalue weighted by Gasteiger charge is -2.09. The Labute approximate surface area is 104 Å². The summed E-state index contributed by atoms with van der Waals surface area (Å²) < 4.78 is 5.64. The van der Waals surface area contributed by atoms with Gasteiger partial charge in [0.1, 0.15) is 11.5 Å². The topological polar surface area (TPSA) is 91.2 Å². The van der Waals surface area contributed by atoms with Crippen molar-refractivity contribution in [3.05, 3.63) is 53.9 Å². The van der Waals surface area contributed by atoms with Gasteiger partial charge in [0.15, 0.2) is 0 Å². The fourth-order valence-electron chi connectivity index (χ4n) is 1.48. The van der Waals surface area contributed by atoms with Crippen molar-refractivity contribution in [2.24, 2.45) is 11.5 Å². The van der Waals surface area contributed by atoms with Crippen LogP contribution in [0, 0.1) is 0 Å². The number of benzene rings is 1. The second kappa shape index (κ2) is 5.29. The molecule has 5 heteroatoms. The lowest BCUT2D eigenvalue weighted by atomic mass is 10.2. The maximum Gasteiger partial charge on any atom is 0.248 e. The summed E-state index contributed by atoms with van der Waals surface area (Å²) in [6.45, 7) is 0.372. The van der Waals surface area contributed by atoms with Crippen LogP contribution in [0.5, 0.6) is 11.5 Å². The summed E-state index contributed by atoms with van der Waals surface area (Å²) in [5.41, 5.74) is 12.1. The van der Waals surface area contributed by atoms with Crippen molar-refractivity contribution in [3.63, 3.8) is 0 Å². The fourth-order valence-corrected chi connectivity index (χ4v) is 1.48. The molecule has 5 nitrogen and oxygen atoms in total. The summed E-state index contributed by atoms with van der Waals surface area (Å²) >= 11 is 0. The van der Waals surface area contributed by atoms with Crippen LogP contribution in [0.25, 0.3) is 0 Å². The van der Waals surface area contributed by atoms with Gasteiger partial charge in [-0.05, 0) is 30.3 Å². The molecule has 0 aliphatic heterocycles. The van der Waals surface area contributed by atoms with Crippen molar-refractivity contribution in [2.75, 3.05) is 0 Å². The molecule has 0 saturated heterocycles. The third-order valence-electron chi connectivity index (χ3n) is 2.46. The van der Waals surface area contributed by atoms with Crippen molar-refractivity contribution in [1.29, 1.82) is 0 Å². The predicted molar refractivity (Wildman–Crippen MR) is 67.2 cm³/mol. The van der Waals surface area contributed by atoms with E-state index in [-0.39, 0.29) is 0 Å². The largest absolute Gasteiger partial charge is 0.455 e. The second-order valence-corrected chi connectivity index (χ2v) is 3.68. The summed E-state index contributed by atoms with van der Waals surface area (Å²) in [6, 6.07) is 8.36. The average Bonchev–Trinajstić information content (AvgIpc) is 2.40. The van der Waals surface area contributed by atoms with E-state index >= 15 is 0 Å². The van der Waals surface area contributed by atoms with Gasteiger partial charge in [-0.1, -0.05) is 0 Å². The van der Waals surface area contributed by atoms with Crippen LogP contribution in [0.1, 0.15) is 15.9 Å². The summed E-state index contributed by atoms with van der Waals surface area (Å²) in [5.74, 6) is 0.736. The zero-order valence-corrected chi connectivity index (χ0v) is 9.67. The van der Waals surface area contributed by atoms with Gasteiger partial charge >= 0.3 is 0 Å². The Balaban J connectivity index is 2.21. The molecule has 0 aliphatic rings. The Morgan fingerprint density at radius 3 is 2.56 bits per heavy atom. The van der Waals surface area contributed by atoms with E-state index in [4.69, 9.17) is 16.2 Å². The van der Waals surface area contributed by atoms with Gasteiger partial charge in [-0.3, -0.25) is 9.78 Å². The molecule has 1 aromatic heterocycles. The molecule has 18 heavy (non-hydrogen) atoms. The third kappa shape index (κ3) is 2.64. The number of ether oxygens (including phenoxy) is 1. The summed E-state index contributed by atoms with van der Waals surface area (Å²) in [4.78, 5) is 14.9. The Morgan fingerprint density at radius 1 is 1.22 bits per heavy atom. The molecule has 0 saturated carbocycles. The molecule has 2 rings (SSSR count). The minimum Gasteiger partial charge on any atom is -0.455 e. The van der Waals surface area contributed by atoms with Crippen LogP contribution in [0.15, 0.2) is 42.7 Å². The quantitative estimate of drug-likeness (QED) is 0.849. The van der Waals surface area contributed by atoms with E-state index in [0.29, 0.717) is 23.6 Å². The van der Waals surface area contributed by atoms with E-state index in [1.165, 1.54) is 0 Å². The van der Waals surface area contributed by atoms with Gasteiger partial charge in [-0.25, -0.2) is 0 Å². The van der Waals surface area contributed by atoms with Crippen LogP contribution < -0.4 is 16.2 Å². The Hall–Kier alpha value is -2.40. The van der Waals surface area contributed by atoms with E-state index in [1.54, 1.807) is 42.7 Å². The number of hydrogen-bond donors (Lipinski definition) is 2. The van der Waals surface area contributed by atoms with Gasteiger partial charge in [0.25, 0.3) is 0 Å². The number of nitrogens with two attached hydrogens (primary N) is 2. The summed E-state index contributed by atoms with van der Waals surface area (Å²) in [6.07, 6.45) is 3.26. The molecule has 0 fully saturated rings. The molecule has 0 unspecified atom stereocenters. The molecular formula is C13H13N3O2. The fraction of sp³-hybridized carbons (Fsp3) is 0.0769. The van der Waals surface area contributed by atoms with E-state index < -0.39 is 5.91 Å². The first-order valence-corrected chi connectivity index (χ1v) is 5.41. The van der Waals surface area contributed by atoms with Gasteiger partial charge in [-0.2, -0.15) is 0 Å². The second-order valence-electron chi connectivity index (χ2n) is 3.68. The Bertz CT molecular complexity index is 552. The molecule has 1 heterocycles. The molecule has 1 aromatic carbocycles. The number of carbonyl (C=O) groups is 1. The summed E-state index contributed by atoms with van der Waals surface area (Å²) in [7, 11) is 0. The molecule has 2 aromatic rings. The van der Waals surface area contributed by atoms with Crippen LogP contribution in [-0.4, -0.2) is 10.9 Å². The van der Waals surface area contributed by atoms with Crippen LogP contribution >= 0.6 is 0 Å². The van der Waals surface area contributed by atoms with Crippen molar-refractivity contribution in [1.82, 2.24) is 4.98 Å². The number of aromatic nitrogens is 1. The molecule has 0 radical (unpaired) electrons. The van der Waals surface area contributed by atoms with E-state index in [0.717, 1.165) is 5.56 Å². The molecule has 0 spiro atoms. The predicted octanol–water partition coefficient (Wildman–Crippen LogP) is 1.43. The van der Waals surface area contributed by atoms with E-state index in [1.807, 2.05) is 0 Å². The first-order chi connectivity index (χ1) is 8.70. The first-order valence-electron chi connectivity index (χ1n) is 5.41. The van der Waals surface area contributed by atoms with Crippen LogP contribution in [0.3, 0.4) is 0 Å². The highest BCUT2D eigenvalue weighted by Crippen LogP contribution is 2.24. The van der Waals surface area contributed by atoms with Gasteiger partial charge in [0.05, 0.1) is 6.20 Å². The lowest BCUT2D eigenvalue weighted by Crippen LogP contribution is -2.10. The standard InChI is InChI=1S/C13H13N3O2/c14-7-10-5-6-16-8-12(10)18-11-3-1-9(2-4-11)13(15)17/h1-6,8H,7,14H2,(H2,15,17). The van der Waals surface area contributed by atoms with Crippen LogP contribution in [0.4, 0.5) is 0 Å². The van der Waals surface area contributed by atoms with Crippen molar-refractivity contribution in [3.8, 4) is 11.5 Å². The highest BCUT2D eigenvalue weighted by Gasteiger charge is 2.04. The Kier molecular flexibility index (Phi) is 3.54. The maximum absolute atomic E-state index is 10.9. The molecule has 92 valence electrons. The number of amides is 1. The van der Waals surface area contributed by atoms with Gasteiger partial charge in [-0.15, -0.1) is 0 Å². The first kappa shape index (κ1) is 12.1. The lowest BCUT2D eigenvalue weighted by molar-refractivity contribution is 0.100.